The molecule has 1 amide bonds. The summed E-state index contributed by atoms with van der Waals surface area (Å²) in [6, 6.07) is 32.6. The van der Waals surface area contributed by atoms with Gasteiger partial charge < -0.3 is 14.6 Å². The Morgan fingerprint density at radius 1 is 0.824 bits per heavy atom. The van der Waals surface area contributed by atoms with Crippen LogP contribution in [0.4, 0.5) is 4.79 Å². The van der Waals surface area contributed by atoms with Crippen molar-refractivity contribution in [2.75, 3.05) is 0 Å². The quantitative estimate of drug-likeness (QED) is 0.287. The fraction of sp³-hybridized carbons (Fsp3) is 0.179. The van der Waals surface area contributed by atoms with Crippen LogP contribution in [0.25, 0.3) is 10.8 Å². The minimum atomic E-state index is -3.12. The van der Waals surface area contributed by atoms with E-state index in [-0.39, 0.29) is 0 Å². The van der Waals surface area contributed by atoms with Crippen LogP contribution in [-0.2, 0) is 17.5 Å². The highest BCUT2D eigenvalue weighted by atomic mass is 31.0. The Bertz CT molecular complexity index is 1240. The normalized spacial score (nSPS) is 11.9. The summed E-state index contributed by atoms with van der Waals surface area (Å²) in [5.41, 5.74) is 2.20. The number of benzene rings is 4. The highest BCUT2D eigenvalue weighted by Crippen LogP contribution is 2.40. The number of hydrogen-bond donors (Lipinski definition) is 2. The van der Waals surface area contributed by atoms with Crippen LogP contribution in [-0.4, -0.2) is 19.2 Å². The number of carbonyl (C=O) groups excluding carboxylic acids is 1. The van der Waals surface area contributed by atoms with Crippen LogP contribution in [0.15, 0.2) is 97.1 Å². The van der Waals surface area contributed by atoms with Crippen LogP contribution < -0.4 is 15.7 Å². The average Bonchev–Trinajstić information content (AvgIpc) is 2.87. The molecule has 4 nitrogen and oxygen atoms in total. The van der Waals surface area contributed by atoms with Gasteiger partial charge in [-0.2, -0.15) is 0 Å². The van der Waals surface area contributed by atoms with Gasteiger partial charge in [0.1, 0.15) is 0 Å². The van der Waals surface area contributed by atoms with E-state index in [9.17, 15) is 9.59 Å². The third-order valence-electron chi connectivity index (χ3n) is 6.63. The lowest BCUT2D eigenvalue weighted by Crippen LogP contribution is -2.65. The van der Waals surface area contributed by atoms with Gasteiger partial charge in [0.15, 0.2) is 0 Å². The van der Waals surface area contributed by atoms with Crippen LogP contribution in [0, 0.1) is 0 Å². The van der Waals surface area contributed by atoms with E-state index < -0.39 is 19.4 Å². The number of nitrogens with one attached hydrogen (secondary N) is 1. The lowest BCUT2D eigenvalue weighted by atomic mass is 9.94. The molecule has 0 saturated carbocycles. The third-order valence-corrected chi connectivity index (χ3v) is 11.3. The molecule has 0 spiro atoms. The SMILES string of the molecule is CC(C)(Cc1cccc2c(CNC(=O)OP)cccc12)[Si](O)(c1ccccc1)c1ccccc1. The lowest BCUT2D eigenvalue weighted by molar-refractivity contribution is 0.207. The lowest BCUT2D eigenvalue weighted by Gasteiger charge is -2.41. The summed E-state index contributed by atoms with van der Waals surface area (Å²) in [6.45, 7) is 4.74. The van der Waals surface area contributed by atoms with Crippen molar-refractivity contribution in [1.82, 2.24) is 5.32 Å². The van der Waals surface area contributed by atoms with Crippen LogP contribution in [0.5, 0.6) is 0 Å². The largest absolute Gasteiger partial charge is 0.435 e. The maximum absolute atomic E-state index is 12.5. The molecule has 0 saturated heterocycles. The van der Waals surface area contributed by atoms with Crippen molar-refractivity contribution in [3.05, 3.63) is 108 Å². The van der Waals surface area contributed by atoms with E-state index in [1.165, 1.54) is 5.56 Å². The van der Waals surface area contributed by atoms with E-state index >= 15 is 0 Å². The van der Waals surface area contributed by atoms with Gasteiger partial charge >= 0.3 is 6.09 Å². The first-order valence-corrected chi connectivity index (χ1v) is 13.8. The molecule has 0 radical (unpaired) electrons. The van der Waals surface area contributed by atoms with E-state index in [0.717, 1.165) is 26.7 Å². The standard InChI is InChI=1S/C28H30NO3PSi/c1-28(2,34(31,23-13-5-3-6-14-23)24-15-7-4-8-16-24)19-21-11-9-18-26-22(12-10-17-25(21)26)20-29-27(30)32-33/h3-18,31H,19-20,33H2,1-2H3,(H,29,30). The first-order chi connectivity index (χ1) is 16.4. The van der Waals surface area contributed by atoms with Gasteiger partial charge in [-0.15, -0.1) is 0 Å². The molecule has 1 atom stereocenters. The molecule has 0 aliphatic carbocycles. The summed E-state index contributed by atoms with van der Waals surface area (Å²) >= 11 is 0. The minimum Gasteiger partial charge on any atom is -0.435 e. The molecule has 0 aliphatic heterocycles. The van der Waals surface area contributed by atoms with Crippen molar-refractivity contribution in [3.8, 4) is 0 Å². The van der Waals surface area contributed by atoms with Gasteiger partial charge in [-0.25, -0.2) is 4.79 Å². The van der Waals surface area contributed by atoms with Gasteiger partial charge in [-0.1, -0.05) is 111 Å². The summed E-state index contributed by atoms with van der Waals surface area (Å²) < 4.78 is 4.64. The molecule has 1 unspecified atom stereocenters. The molecule has 4 aromatic carbocycles. The van der Waals surface area contributed by atoms with Crippen molar-refractivity contribution in [3.63, 3.8) is 0 Å². The summed E-state index contributed by atoms with van der Waals surface area (Å²) in [6.07, 6.45) is 0.225. The topological polar surface area (TPSA) is 58.6 Å². The second-order valence-electron chi connectivity index (χ2n) is 9.19. The number of rotatable bonds is 7. The van der Waals surface area contributed by atoms with E-state index in [4.69, 9.17) is 0 Å². The van der Waals surface area contributed by atoms with Crippen LogP contribution in [0.1, 0.15) is 25.0 Å². The first-order valence-electron chi connectivity index (χ1n) is 11.3. The van der Waals surface area contributed by atoms with Crippen LogP contribution in [0.3, 0.4) is 0 Å². The van der Waals surface area contributed by atoms with E-state index in [0.29, 0.717) is 13.0 Å². The number of carbonyl (C=O) groups is 1. The zero-order chi connectivity index (χ0) is 24.2. The summed E-state index contributed by atoms with van der Waals surface area (Å²) in [7, 11) is -1.16. The Balaban J connectivity index is 1.77. The molecule has 0 fully saturated rings. The van der Waals surface area contributed by atoms with Gasteiger partial charge in [0.05, 0.1) is 9.47 Å². The number of hydrogen-bond acceptors (Lipinski definition) is 3. The molecule has 0 aromatic heterocycles. The fourth-order valence-corrected chi connectivity index (χ4v) is 8.64. The monoisotopic (exact) mass is 487 g/mol. The second kappa shape index (κ2) is 10.1. The molecule has 4 aromatic rings. The molecular formula is C28H30NO3PSi. The molecular weight excluding hydrogens is 457 g/mol. The zero-order valence-electron chi connectivity index (χ0n) is 19.5. The van der Waals surface area contributed by atoms with Gasteiger partial charge in [0, 0.05) is 6.54 Å². The first kappa shape index (κ1) is 24.2. The Labute approximate surface area is 204 Å². The third kappa shape index (κ3) is 4.65. The molecule has 34 heavy (non-hydrogen) atoms. The van der Waals surface area contributed by atoms with Crippen molar-refractivity contribution in [2.45, 2.75) is 31.9 Å². The van der Waals surface area contributed by atoms with E-state index in [1.54, 1.807) is 0 Å². The molecule has 174 valence electrons. The fourth-order valence-electron chi connectivity index (χ4n) is 4.87. The summed E-state index contributed by atoms with van der Waals surface area (Å²) in [5, 5.41) is 6.59. The van der Waals surface area contributed by atoms with Crippen LogP contribution in [0.2, 0.25) is 5.04 Å². The molecule has 0 aliphatic rings. The summed E-state index contributed by atoms with van der Waals surface area (Å²) in [5.74, 6) is 0. The molecule has 4 rings (SSSR count). The number of fused-ring (bicyclic) bond motifs is 1. The van der Waals surface area contributed by atoms with E-state index in [2.05, 4.69) is 72.2 Å². The smallest absolute Gasteiger partial charge is 0.409 e. The number of amides is 1. The molecule has 0 bridgehead atoms. The van der Waals surface area contributed by atoms with Gasteiger partial charge in [-0.3, -0.25) is 0 Å². The molecule has 0 heterocycles. The van der Waals surface area contributed by atoms with Gasteiger partial charge in [0.2, 0.25) is 0 Å². The van der Waals surface area contributed by atoms with Crippen molar-refractivity contribution >= 4 is 45.0 Å². The predicted molar refractivity (Wildman–Crippen MR) is 145 cm³/mol. The van der Waals surface area contributed by atoms with Crippen molar-refractivity contribution in [1.29, 1.82) is 0 Å². The van der Waals surface area contributed by atoms with Crippen molar-refractivity contribution in [2.24, 2.45) is 0 Å². The highest BCUT2D eigenvalue weighted by Gasteiger charge is 2.49. The van der Waals surface area contributed by atoms with E-state index in [1.807, 2.05) is 58.0 Å². The molecule has 2 N–H and O–H groups in total. The van der Waals surface area contributed by atoms with Gasteiger partial charge in [0.25, 0.3) is 8.32 Å². The Hall–Kier alpha value is -2.98. The minimum absolute atomic E-state index is 0.379. The molecule has 6 heteroatoms. The second-order valence-corrected chi connectivity index (χ2v) is 13.4. The average molecular weight is 488 g/mol. The Morgan fingerprint density at radius 2 is 1.32 bits per heavy atom. The van der Waals surface area contributed by atoms with Crippen LogP contribution >= 0.6 is 9.47 Å². The Kier molecular flexibility index (Phi) is 7.18. The zero-order valence-corrected chi connectivity index (χ0v) is 21.6. The maximum atomic E-state index is 12.5. The summed E-state index contributed by atoms with van der Waals surface area (Å²) in [4.78, 5) is 24.1. The van der Waals surface area contributed by atoms with Crippen molar-refractivity contribution < 1.29 is 14.1 Å². The van der Waals surface area contributed by atoms with Gasteiger partial charge in [-0.05, 0) is 43.7 Å². The maximum Gasteiger partial charge on any atom is 0.409 e. The predicted octanol–water partition coefficient (Wildman–Crippen LogP) is 4.93. The Morgan fingerprint density at radius 3 is 1.85 bits per heavy atom. The highest BCUT2D eigenvalue weighted by molar-refractivity contribution is 7.10.